The number of anilines is 2. The van der Waals surface area contributed by atoms with Crippen molar-refractivity contribution < 1.29 is 18.1 Å². The zero-order chi connectivity index (χ0) is 19.3. The fraction of sp³-hybridized carbons (Fsp3) is 0.235. The molecule has 0 bridgehead atoms. The smallest absolute Gasteiger partial charge is 0.293 e. The first-order chi connectivity index (χ1) is 12.2. The van der Waals surface area contributed by atoms with Crippen LogP contribution in [0.3, 0.4) is 0 Å². The zero-order valence-corrected chi connectivity index (χ0v) is 15.2. The highest BCUT2D eigenvalue weighted by Crippen LogP contribution is 2.29. The van der Waals surface area contributed by atoms with E-state index in [1.54, 1.807) is 24.3 Å². The number of nitrogens with zero attached hydrogens (tertiary/aromatic N) is 1. The lowest BCUT2D eigenvalue weighted by Crippen LogP contribution is -2.17. The van der Waals surface area contributed by atoms with Crippen LogP contribution < -0.4 is 10.6 Å². The molecule has 0 aromatic heterocycles. The maximum atomic E-state index is 11.6. The molecule has 0 atom stereocenters. The second kappa shape index (κ2) is 7.96. The Morgan fingerprint density at radius 2 is 1.81 bits per heavy atom. The van der Waals surface area contributed by atoms with Gasteiger partial charge in [-0.2, -0.15) is 0 Å². The number of hydrogen-bond acceptors (Lipinski definition) is 6. The highest BCUT2D eigenvalue weighted by Gasteiger charge is 2.17. The summed E-state index contributed by atoms with van der Waals surface area (Å²) in [4.78, 5) is 22.4. The standard InChI is InChI=1S/C17H19N3O5S/c1-18-17(21)13-5-8-15(16(11-13)20(22)23)19-14-6-3-12(4-7-14)9-10-26(2,24)25/h3-8,11,19H,9-10H2,1-2H3,(H,18,21). The van der Waals surface area contributed by atoms with Crippen LogP contribution in [0.15, 0.2) is 42.5 Å². The minimum Gasteiger partial charge on any atom is -0.355 e. The Bertz CT molecular complexity index is 924. The summed E-state index contributed by atoms with van der Waals surface area (Å²) in [6.07, 6.45) is 1.59. The van der Waals surface area contributed by atoms with Crippen LogP contribution in [-0.2, 0) is 16.3 Å². The van der Waals surface area contributed by atoms with Crippen LogP contribution in [0.4, 0.5) is 17.1 Å². The van der Waals surface area contributed by atoms with Crippen molar-refractivity contribution in [1.82, 2.24) is 5.32 Å². The average Bonchev–Trinajstić information content (AvgIpc) is 2.60. The minimum atomic E-state index is -3.03. The number of carbonyl (C=O) groups is 1. The number of nitro benzene ring substituents is 1. The SMILES string of the molecule is CNC(=O)c1ccc(Nc2ccc(CCS(C)(=O)=O)cc2)c([N+](=O)[O-])c1. The Hall–Kier alpha value is -2.94. The molecule has 0 aliphatic carbocycles. The first kappa shape index (κ1) is 19.4. The lowest BCUT2D eigenvalue weighted by atomic mass is 10.1. The molecular weight excluding hydrogens is 358 g/mol. The number of nitrogens with one attached hydrogen (secondary N) is 2. The van der Waals surface area contributed by atoms with E-state index in [1.807, 2.05) is 0 Å². The minimum absolute atomic E-state index is 0.0617. The highest BCUT2D eigenvalue weighted by molar-refractivity contribution is 7.90. The molecule has 0 spiro atoms. The molecule has 0 aliphatic heterocycles. The van der Waals surface area contributed by atoms with Gasteiger partial charge in [-0.15, -0.1) is 0 Å². The Kier molecular flexibility index (Phi) is 5.93. The molecule has 0 heterocycles. The summed E-state index contributed by atoms with van der Waals surface area (Å²) >= 11 is 0. The van der Waals surface area contributed by atoms with E-state index in [4.69, 9.17) is 0 Å². The van der Waals surface area contributed by atoms with E-state index in [0.717, 1.165) is 5.56 Å². The van der Waals surface area contributed by atoms with Gasteiger partial charge in [0.25, 0.3) is 11.6 Å². The van der Waals surface area contributed by atoms with Crippen LogP contribution in [0, 0.1) is 10.1 Å². The fourth-order valence-corrected chi connectivity index (χ4v) is 2.89. The van der Waals surface area contributed by atoms with Gasteiger partial charge < -0.3 is 10.6 Å². The molecule has 1 amide bonds. The topological polar surface area (TPSA) is 118 Å². The maximum Gasteiger partial charge on any atom is 0.293 e. The summed E-state index contributed by atoms with van der Waals surface area (Å²) in [6.45, 7) is 0. The van der Waals surface area contributed by atoms with E-state index in [0.29, 0.717) is 12.1 Å². The fourth-order valence-electron chi connectivity index (χ4n) is 2.29. The van der Waals surface area contributed by atoms with Gasteiger partial charge >= 0.3 is 0 Å². The molecule has 26 heavy (non-hydrogen) atoms. The quantitative estimate of drug-likeness (QED) is 0.564. The van der Waals surface area contributed by atoms with Crippen LogP contribution in [0.25, 0.3) is 0 Å². The summed E-state index contributed by atoms with van der Waals surface area (Å²) in [5, 5.41) is 16.7. The number of benzene rings is 2. The van der Waals surface area contributed by atoms with E-state index < -0.39 is 20.7 Å². The third kappa shape index (κ3) is 5.28. The largest absolute Gasteiger partial charge is 0.355 e. The second-order valence-electron chi connectivity index (χ2n) is 5.77. The van der Waals surface area contributed by atoms with Gasteiger partial charge in [-0.05, 0) is 36.2 Å². The number of carbonyl (C=O) groups excluding carboxylic acids is 1. The van der Waals surface area contributed by atoms with Crippen LogP contribution in [-0.4, -0.2) is 38.3 Å². The molecule has 0 fully saturated rings. The van der Waals surface area contributed by atoms with Crippen molar-refractivity contribution in [3.63, 3.8) is 0 Å². The predicted molar refractivity (Wildman–Crippen MR) is 99.6 cm³/mol. The van der Waals surface area contributed by atoms with Crippen molar-refractivity contribution in [3.8, 4) is 0 Å². The van der Waals surface area contributed by atoms with Crippen molar-refractivity contribution in [3.05, 3.63) is 63.7 Å². The van der Waals surface area contributed by atoms with Crippen molar-refractivity contribution in [1.29, 1.82) is 0 Å². The Labute approximate surface area is 151 Å². The summed E-state index contributed by atoms with van der Waals surface area (Å²) < 4.78 is 22.4. The molecule has 0 radical (unpaired) electrons. The normalized spacial score (nSPS) is 11.0. The molecule has 0 saturated heterocycles. The Morgan fingerprint density at radius 1 is 1.15 bits per heavy atom. The van der Waals surface area contributed by atoms with E-state index in [9.17, 15) is 23.3 Å². The van der Waals surface area contributed by atoms with Gasteiger partial charge in [0.15, 0.2) is 0 Å². The number of nitro groups is 1. The number of aryl methyl sites for hydroxylation is 1. The predicted octanol–water partition coefficient (Wildman–Crippen LogP) is 2.29. The van der Waals surface area contributed by atoms with Gasteiger partial charge in [-0.1, -0.05) is 12.1 Å². The zero-order valence-electron chi connectivity index (χ0n) is 14.4. The second-order valence-corrected chi connectivity index (χ2v) is 8.03. The Morgan fingerprint density at radius 3 is 2.35 bits per heavy atom. The molecule has 0 aliphatic rings. The lowest BCUT2D eigenvalue weighted by molar-refractivity contribution is -0.383. The highest BCUT2D eigenvalue weighted by atomic mass is 32.2. The van der Waals surface area contributed by atoms with Gasteiger partial charge in [-0.25, -0.2) is 8.42 Å². The monoisotopic (exact) mass is 377 g/mol. The molecule has 138 valence electrons. The summed E-state index contributed by atoms with van der Waals surface area (Å²) in [5.41, 5.74) is 1.70. The van der Waals surface area contributed by atoms with Crippen molar-refractivity contribution >= 4 is 32.8 Å². The molecule has 0 saturated carbocycles. The summed E-state index contributed by atoms with van der Waals surface area (Å²) in [5.74, 6) is -0.346. The van der Waals surface area contributed by atoms with E-state index in [1.165, 1.54) is 31.5 Å². The summed E-state index contributed by atoms with van der Waals surface area (Å²) in [7, 11) is -1.58. The van der Waals surface area contributed by atoms with E-state index in [2.05, 4.69) is 10.6 Å². The maximum absolute atomic E-state index is 11.6. The van der Waals surface area contributed by atoms with Crippen molar-refractivity contribution in [2.24, 2.45) is 0 Å². The third-order valence-electron chi connectivity index (χ3n) is 3.68. The van der Waals surface area contributed by atoms with Crippen LogP contribution in [0.1, 0.15) is 15.9 Å². The van der Waals surface area contributed by atoms with Crippen LogP contribution >= 0.6 is 0 Å². The number of rotatable bonds is 7. The van der Waals surface area contributed by atoms with Crippen molar-refractivity contribution in [2.75, 3.05) is 24.4 Å². The average molecular weight is 377 g/mol. The molecule has 2 rings (SSSR count). The molecule has 0 unspecified atom stereocenters. The van der Waals surface area contributed by atoms with Gasteiger partial charge in [0, 0.05) is 30.6 Å². The third-order valence-corrected chi connectivity index (χ3v) is 4.62. The molecule has 8 nitrogen and oxygen atoms in total. The van der Waals surface area contributed by atoms with Crippen LogP contribution in [0.5, 0.6) is 0 Å². The van der Waals surface area contributed by atoms with Gasteiger partial charge in [-0.3, -0.25) is 14.9 Å². The van der Waals surface area contributed by atoms with E-state index >= 15 is 0 Å². The number of hydrogen-bond donors (Lipinski definition) is 2. The van der Waals surface area contributed by atoms with Crippen molar-refractivity contribution in [2.45, 2.75) is 6.42 Å². The molecule has 2 aromatic carbocycles. The molecule has 2 aromatic rings. The number of sulfone groups is 1. The molecule has 9 heteroatoms. The first-order valence-corrected chi connectivity index (χ1v) is 9.80. The summed E-state index contributed by atoms with van der Waals surface area (Å²) in [6, 6.07) is 11.1. The van der Waals surface area contributed by atoms with Gasteiger partial charge in [0.1, 0.15) is 15.5 Å². The van der Waals surface area contributed by atoms with Gasteiger partial charge in [0.05, 0.1) is 10.7 Å². The van der Waals surface area contributed by atoms with Gasteiger partial charge in [0.2, 0.25) is 0 Å². The van der Waals surface area contributed by atoms with E-state index in [-0.39, 0.29) is 22.7 Å². The lowest BCUT2D eigenvalue weighted by Gasteiger charge is -2.09. The Balaban J connectivity index is 2.19. The van der Waals surface area contributed by atoms with Crippen LogP contribution in [0.2, 0.25) is 0 Å². The molecule has 2 N–H and O–H groups in total. The number of amides is 1. The molecular formula is C17H19N3O5S. The first-order valence-electron chi connectivity index (χ1n) is 7.74.